The van der Waals surface area contributed by atoms with Crippen LogP contribution in [0, 0.1) is 51.8 Å². The zero-order valence-corrected chi connectivity index (χ0v) is 42.6. The van der Waals surface area contributed by atoms with Crippen molar-refractivity contribution in [1.82, 2.24) is 0 Å². The number of ketones is 5. The number of esters is 3. The maximum absolute atomic E-state index is 13.3. The lowest BCUT2D eigenvalue weighted by molar-refractivity contribution is -0.231. The number of halogens is 2. The van der Waals surface area contributed by atoms with E-state index in [9.17, 15) is 43.2 Å². The number of hydrogen-bond donors (Lipinski definition) is 1. The Hall–Kier alpha value is -4.41. The van der Waals surface area contributed by atoms with E-state index < -0.39 is 45.6 Å². The summed E-state index contributed by atoms with van der Waals surface area (Å²) in [6.45, 7) is 8.89. The normalized spacial score (nSPS) is 31.7. The minimum absolute atomic E-state index is 0. The van der Waals surface area contributed by atoms with Gasteiger partial charge >= 0.3 is 23.9 Å². The summed E-state index contributed by atoms with van der Waals surface area (Å²) in [6, 6.07) is 15.1. The van der Waals surface area contributed by atoms with Crippen LogP contribution in [0.5, 0.6) is 0 Å². The minimum Gasteiger partial charge on any atom is -0.461 e. The summed E-state index contributed by atoms with van der Waals surface area (Å²) >= 11 is 6.88. The first-order valence-electron chi connectivity index (χ1n) is 23.5. The molecular formula is C54H70Br2O14. The third-order valence-electron chi connectivity index (χ3n) is 16.2. The molecule has 0 amide bonds. The molecule has 5 aliphatic carbocycles. The maximum Gasteiger partial charge on any atom is 0.339 e. The Balaban J connectivity index is 0.000000271. The largest absolute Gasteiger partial charge is 0.461 e. The molecule has 8 rings (SSSR count). The monoisotopic (exact) mass is 1100 g/mol. The summed E-state index contributed by atoms with van der Waals surface area (Å²) in [6.07, 6.45) is 5.55. The molecular weight excluding hydrogens is 1030 g/mol. The average molecular weight is 1100 g/mol. The van der Waals surface area contributed by atoms with Gasteiger partial charge in [-0.05, 0) is 81.3 Å². The van der Waals surface area contributed by atoms with Gasteiger partial charge in [0.1, 0.15) is 47.7 Å². The van der Waals surface area contributed by atoms with Crippen molar-refractivity contribution >= 4 is 84.7 Å². The molecule has 384 valence electrons. The number of hydrogen-bond acceptors (Lipinski definition) is 14. The van der Waals surface area contributed by atoms with Gasteiger partial charge < -0.3 is 19.1 Å². The highest BCUT2D eigenvalue weighted by Gasteiger charge is 2.64. The third kappa shape index (κ3) is 12.3. The minimum atomic E-state index is -1.07. The number of rotatable bonds is 10. The lowest BCUT2D eigenvalue weighted by atomic mass is 9.48. The smallest absolute Gasteiger partial charge is 0.339 e. The highest BCUT2D eigenvalue weighted by atomic mass is 79.9. The van der Waals surface area contributed by atoms with Gasteiger partial charge in [0.05, 0.1) is 5.92 Å². The molecule has 0 aromatic heterocycles. The van der Waals surface area contributed by atoms with E-state index in [2.05, 4.69) is 36.7 Å². The number of carbonyl (C=O) groups excluding carboxylic acids is 9. The van der Waals surface area contributed by atoms with Crippen molar-refractivity contribution < 1.29 is 67.5 Å². The predicted molar refractivity (Wildman–Crippen MR) is 265 cm³/mol. The van der Waals surface area contributed by atoms with Crippen LogP contribution in [0.4, 0.5) is 0 Å². The molecule has 0 spiro atoms. The Morgan fingerprint density at radius 3 is 1.51 bits per heavy atom. The predicted octanol–water partition coefficient (Wildman–Crippen LogP) is 10.7. The lowest BCUT2D eigenvalue weighted by Crippen LogP contribution is -2.56. The van der Waals surface area contributed by atoms with Gasteiger partial charge in [0.2, 0.25) is 0 Å². The molecule has 16 heteroatoms. The highest BCUT2D eigenvalue weighted by Crippen LogP contribution is 2.61. The molecule has 10 atom stereocenters. The molecule has 6 fully saturated rings. The molecule has 14 nitrogen and oxygen atoms in total. The second-order valence-corrected chi connectivity index (χ2v) is 22.0. The van der Waals surface area contributed by atoms with E-state index in [1.54, 1.807) is 6.92 Å². The lowest BCUT2D eigenvalue weighted by Gasteiger charge is -2.52. The van der Waals surface area contributed by atoms with Crippen molar-refractivity contribution in [3.63, 3.8) is 0 Å². The van der Waals surface area contributed by atoms with Crippen molar-refractivity contribution in [2.24, 2.45) is 51.8 Å². The van der Waals surface area contributed by atoms with Gasteiger partial charge in [0, 0.05) is 101 Å². The van der Waals surface area contributed by atoms with E-state index in [0.717, 1.165) is 39.8 Å². The van der Waals surface area contributed by atoms with E-state index in [0.29, 0.717) is 38.5 Å². The number of fused-ring (bicyclic) bond motifs is 6. The van der Waals surface area contributed by atoms with Crippen molar-refractivity contribution in [3.8, 4) is 0 Å². The molecule has 1 N–H and O–H groups in total. The number of carbonyl (C=O) groups is 9. The number of benzene rings is 2. The van der Waals surface area contributed by atoms with Crippen LogP contribution in [-0.4, -0.2) is 63.7 Å². The fraction of sp³-hybridized carbons (Fsp3) is 0.611. The molecule has 1 saturated heterocycles. The molecule has 0 unspecified atom stereocenters. The standard InChI is InChI=1S/C25H29BrO6.C25H29BrO5.C2H4O3.2CH4/c1-24-13-19(27)23-16(17(24)8-9-20(24)28)7-10-22(30)32-25(23,2)12-11-21(29)31-14-15-5-3-4-6-18(15)26;1-24(12-11-22(30)31-14-15-5-3-4-6-18(15)26)20(28)9-7-16-17-8-10-21(29)25(17,2)13-19(27)23(16)24;1-2(3)5-4;;/h3-6,16-17,23H,7-14H2,1-2H3;3-6,16-17,23H,7-14H2,1-2H3;4H,1H3;2*1H4/t16-,17-,23+,24-,25+;16-,17-,23+,24-,25-;;;/m00.../s1. The van der Waals surface area contributed by atoms with Crippen molar-refractivity contribution in [2.75, 3.05) is 0 Å². The van der Waals surface area contributed by atoms with Crippen LogP contribution in [0.2, 0.25) is 0 Å². The Bertz CT molecular complexity index is 2330. The van der Waals surface area contributed by atoms with Gasteiger partial charge in [-0.3, -0.25) is 38.4 Å². The molecule has 70 heavy (non-hydrogen) atoms. The van der Waals surface area contributed by atoms with Crippen LogP contribution >= 0.6 is 31.9 Å². The van der Waals surface area contributed by atoms with Gasteiger partial charge in [-0.15, -0.1) is 0 Å². The molecule has 1 aliphatic heterocycles. The van der Waals surface area contributed by atoms with Crippen LogP contribution in [-0.2, 0) is 75.5 Å². The maximum atomic E-state index is 13.3. The fourth-order valence-corrected chi connectivity index (χ4v) is 13.4. The van der Waals surface area contributed by atoms with Gasteiger partial charge in [-0.2, -0.15) is 5.26 Å². The summed E-state index contributed by atoms with van der Waals surface area (Å²) in [7, 11) is 0. The van der Waals surface area contributed by atoms with E-state index in [4.69, 9.17) is 19.5 Å². The number of cyclic esters (lactones) is 1. The summed E-state index contributed by atoms with van der Waals surface area (Å²) in [5.74, 6) is -2.06. The molecule has 2 aromatic rings. The van der Waals surface area contributed by atoms with E-state index in [-0.39, 0.29) is 131 Å². The molecule has 0 radical (unpaired) electrons. The van der Waals surface area contributed by atoms with Crippen LogP contribution in [0.3, 0.4) is 0 Å². The molecule has 0 bridgehead atoms. The topological polar surface area (TPSA) is 211 Å². The van der Waals surface area contributed by atoms with Gasteiger partial charge in [0.25, 0.3) is 0 Å². The van der Waals surface area contributed by atoms with Crippen LogP contribution in [0.1, 0.15) is 150 Å². The molecule has 5 saturated carbocycles. The van der Waals surface area contributed by atoms with E-state index in [1.807, 2.05) is 69.3 Å². The van der Waals surface area contributed by atoms with Crippen LogP contribution in [0.15, 0.2) is 57.5 Å². The number of Topliss-reactive ketones (excluding diaryl/α,β-unsaturated/α-hetero) is 5. The average Bonchev–Trinajstić information content (AvgIpc) is 3.71. The van der Waals surface area contributed by atoms with Crippen LogP contribution < -0.4 is 0 Å². The second kappa shape index (κ2) is 23.9. The molecule has 6 aliphatic rings. The zero-order chi connectivity index (χ0) is 49.8. The van der Waals surface area contributed by atoms with Gasteiger partial charge in [-0.1, -0.05) is 104 Å². The van der Waals surface area contributed by atoms with E-state index in [1.165, 1.54) is 0 Å². The second-order valence-electron chi connectivity index (χ2n) is 20.3. The summed E-state index contributed by atoms with van der Waals surface area (Å²) in [4.78, 5) is 115. The summed E-state index contributed by atoms with van der Waals surface area (Å²) in [5, 5.41) is 7.29. The SMILES string of the molecule is C.C.CC(=O)OO.C[C@]1(CCC(=O)OCc2ccccc2Br)C(=O)CC[C@@H]2[C@@H]1C(=O)C[C@]1(C)C(=O)CC[C@@H]21.C[C@]1(CCC(=O)OCc2ccccc2Br)OC(=O)CC[C@@H]2[C@@H]1C(=O)C[C@]1(C)C(=O)CC[C@@H]21. The first kappa shape index (κ1) is 58.2. The first-order chi connectivity index (χ1) is 32.1. The third-order valence-corrected chi connectivity index (χ3v) is 17.7. The van der Waals surface area contributed by atoms with Gasteiger partial charge in [0.15, 0.2) is 0 Å². The molecule has 1 heterocycles. The summed E-state index contributed by atoms with van der Waals surface area (Å²) < 4.78 is 18.4. The van der Waals surface area contributed by atoms with Crippen molar-refractivity contribution in [1.29, 1.82) is 0 Å². The highest BCUT2D eigenvalue weighted by molar-refractivity contribution is 9.10. The van der Waals surface area contributed by atoms with Gasteiger partial charge in [-0.25, -0.2) is 4.79 Å². The van der Waals surface area contributed by atoms with Crippen molar-refractivity contribution in [2.45, 2.75) is 158 Å². The first-order valence-corrected chi connectivity index (χ1v) is 25.1. The van der Waals surface area contributed by atoms with Crippen LogP contribution in [0.25, 0.3) is 0 Å². The van der Waals surface area contributed by atoms with Crippen molar-refractivity contribution in [3.05, 3.63) is 68.6 Å². The van der Waals surface area contributed by atoms with E-state index >= 15 is 0 Å². The number of ether oxygens (including phenoxy) is 3. The molecule has 2 aromatic carbocycles. The Kier molecular flexibility index (Phi) is 19.8. The Labute approximate surface area is 428 Å². The fourth-order valence-electron chi connectivity index (χ4n) is 12.6. The summed E-state index contributed by atoms with van der Waals surface area (Å²) in [5.41, 5.74) is -1.39. The Morgan fingerprint density at radius 2 is 1.04 bits per heavy atom. The quantitative estimate of drug-likeness (QED) is 0.102. The zero-order valence-electron chi connectivity index (χ0n) is 39.4. The Morgan fingerprint density at radius 1 is 0.629 bits per heavy atom.